The predicted molar refractivity (Wildman–Crippen MR) is 109 cm³/mol. The SMILES string of the molecule is CCC1(C)NC(=O)N(NC(=O)CSc2nnc(CCC(N)=O)n2CC2CCCO2)C1=O. The van der Waals surface area contributed by atoms with E-state index in [9.17, 15) is 19.2 Å². The maximum absolute atomic E-state index is 12.4. The van der Waals surface area contributed by atoms with Gasteiger partial charge in [0.2, 0.25) is 11.8 Å². The Bertz CT molecular complexity index is 869. The number of carbonyl (C=O) groups is 4. The number of nitrogens with zero attached hydrogens (tertiary/aromatic N) is 4. The van der Waals surface area contributed by atoms with Gasteiger partial charge in [-0.15, -0.1) is 10.2 Å². The smallest absolute Gasteiger partial charge is 0.344 e. The number of hydrogen-bond donors (Lipinski definition) is 3. The Balaban J connectivity index is 1.63. The zero-order valence-corrected chi connectivity index (χ0v) is 18.4. The number of thioether (sulfide) groups is 1. The number of urea groups is 1. The Morgan fingerprint density at radius 2 is 2.16 bits per heavy atom. The van der Waals surface area contributed by atoms with Crippen LogP contribution >= 0.6 is 11.8 Å². The van der Waals surface area contributed by atoms with E-state index in [1.165, 1.54) is 0 Å². The first-order valence-electron chi connectivity index (χ1n) is 10.1. The van der Waals surface area contributed by atoms with Crippen LogP contribution in [-0.4, -0.2) is 67.5 Å². The highest BCUT2D eigenvalue weighted by Gasteiger charge is 2.47. The lowest BCUT2D eigenvalue weighted by Gasteiger charge is -2.19. The van der Waals surface area contributed by atoms with Gasteiger partial charge in [0.1, 0.15) is 11.4 Å². The largest absolute Gasteiger partial charge is 0.376 e. The molecule has 2 atom stereocenters. The van der Waals surface area contributed by atoms with Gasteiger partial charge in [0.25, 0.3) is 5.91 Å². The average Bonchev–Trinajstić information content (AvgIpc) is 3.42. The molecule has 13 heteroatoms. The molecule has 2 saturated heterocycles. The van der Waals surface area contributed by atoms with E-state index < -0.39 is 29.3 Å². The molecule has 4 N–H and O–H groups in total. The number of aryl methyl sites for hydroxylation is 1. The van der Waals surface area contributed by atoms with Crippen molar-refractivity contribution in [3.8, 4) is 0 Å². The van der Waals surface area contributed by atoms with E-state index in [0.29, 0.717) is 42.0 Å². The summed E-state index contributed by atoms with van der Waals surface area (Å²) in [4.78, 5) is 48.0. The first-order valence-corrected chi connectivity index (χ1v) is 11.1. The summed E-state index contributed by atoms with van der Waals surface area (Å²) in [5.41, 5.74) is 6.56. The van der Waals surface area contributed by atoms with Gasteiger partial charge in [0.05, 0.1) is 18.4 Å². The van der Waals surface area contributed by atoms with Gasteiger partial charge < -0.3 is 20.4 Å². The molecule has 0 saturated carbocycles. The number of ether oxygens (including phenoxy) is 1. The third-order valence-corrected chi connectivity index (χ3v) is 6.30. The summed E-state index contributed by atoms with van der Waals surface area (Å²) in [6.45, 7) is 4.58. The summed E-state index contributed by atoms with van der Waals surface area (Å²) in [5, 5.41) is 12.0. The van der Waals surface area contributed by atoms with Crippen molar-refractivity contribution in [3.05, 3.63) is 5.82 Å². The number of nitrogens with one attached hydrogen (secondary N) is 2. The first kappa shape index (κ1) is 23.0. The molecule has 2 aliphatic rings. The van der Waals surface area contributed by atoms with Gasteiger partial charge in [-0.25, -0.2) is 4.79 Å². The summed E-state index contributed by atoms with van der Waals surface area (Å²) in [5.74, 6) is -0.968. The number of nitrogens with two attached hydrogens (primary N) is 1. The summed E-state index contributed by atoms with van der Waals surface area (Å²) in [6.07, 6.45) is 2.75. The lowest BCUT2D eigenvalue weighted by atomic mass is 10.00. The quantitative estimate of drug-likeness (QED) is 0.322. The maximum Gasteiger partial charge on any atom is 0.344 e. The molecule has 2 fully saturated rings. The number of primary amides is 1. The Morgan fingerprint density at radius 1 is 1.39 bits per heavy atom. The van der Waals surface area contributed by atoms with E-state index in [2.05, 4.69) is 20.9 Å². The van der Waals surface area contributed by atoms with E-state index in [4.69, 9.17) is 10.5 Å². The Kier molecular flexibility index (Phi) is 7.15. The molecule has 5 amide bonds. The highest BCUT2D eigenvalue weighted by Crippen LogP contribution is 2.23. The van der Waals surface area contributed by atoms with Gasteiger partial charge >= 0.3 is 6.03 Å². The fraction of sp³-hybridized carbons (Fsp3) is 0.667. The molecule has 1 aromatic heterocycles. The fourth-order valence-electron chi connectivity index (χ4n) is 3.33. The van der Waals surface area contributed by atoms with Crippen LogP contribution in [0.25, 0.3) is 0 Å². The molecule has 3 rings (SSSR count). The minimum absolute atomic E-state index is 0.00847. The van der Waals surface area contributed by atoms with Gasteiger partial charge in [-0.3, -0.25) is 19.8 Å². The van der Waals surface area contributed by atoms with Crippen LogP contribution < -0.4 is 16.5 Å². The summed E-state index contributed by atoms with van der Waals surface area (Å²) >= 11 is 1.12. The zero-order chi connectivity index (χ0) is 22.6. The van der Waals surface area contributed by atoms with Crippen LogP contribution in [0.3, 0.4) is 0 Å². The van der Waals surface area contributed by atoms with Crippen molar-refractivity contribution in [3.63, 3.8) is 0 Å². The lowest BCUT2D eigenvalue weighted by Crippen LogP contribution is -2.49. The van der Waals surface area contributed by atoms with Crippen molar-refractivity contribution < 1.29 is 23.9 Å². The molecule has 2 aliphatic heterocycles. The van der Waals surface area contributed by atoms with E-state index in [0.717, 1.165) is 24.6 Å². The molecule has 1 aromatic rings. The highest BCUT2D eigenvalue weighted by molar-refractivity contribution is 7.99. The van der Waals surface area contributed by atoms with Crippen LogP contribution in [-0.2, 0) is 32.1 Å². The molecular formula is C18H27N7O5S. The van der Waals surface area contributed by atoms with E-state index in [1.54, 1.807) is 13.8 Å². The van der Waals surface area contributed by atoms with Gasteiger partial charge in [0, 0.05) is 19.4 Å². The Morgan fingerprint density at radius 3 is 2.77 bits per heavy atom. The average molecular weight is 454 g/mol. The number of carbonyl (C=O) groups excluding carboxylic acids is 4. The van der Waals surface area contributed by atoms with Crippen molar-refractivity contribution in [2.45, 2.75) is 69.3 Å². The van der Waals surface area contributed by atoms with E-state index in [-0.39, 0.29) is 18.3 Å². The van der Waals surface area contributed by atoms with Crippen molar-refractivity contribution in [2.75, 3.05) is 12.4 Å². The second-order valence-corrected chi connectivity index (χ2v) is 8.63. The molecule has 0 aromatic carbocycles. The highest BCUT2D eigenvalue weighted by atomic mass is 32.2. The maximum atomic E-state index is 12.4. The first-order chi connectivity index (χ1) is 14.7. The summed E-state index contributed by atoms with van der Waals surface area (Å²) in [6, 6.07) is -0.664. The molecule has 0 radical (unpaired) electrons. The van der Waals surface area contributed by atoms with Crippen molar-refractivity contribution in [1.29, 1.82) is 0 Å². The number of aromatic nitrogens is 3. The minimum atomic E-state index is -1.03. The standard InChI is InChI=1S/C18H27N7O5S/c1-3-18(2)15(28)25(16(29)20-18)23-14(27)10-31-17-22-21-13(7-6-12(19)26)24(17)9-11-5-4-8-30-11/h11H,3-10H2,1-2H3,(H2,19,26)(H,20,29)(H,23,27). The second-order valence-electron chi connectivity index (χ2n) is 7.69. The van der Waals surface area contributed by atoms with Crippen LogP contribution in [0.15, 0.2) is 5.16 Å². The molecule has 170 valence electrons. The Hall–Kier alpha value is -2.67. The molecule has 3 heterocycles. The monoisotopic (exact) mass is 453 g/mol. The summed E-state index contributed by atoms with van der Waals surface area (Å²) in [7, 11) is 0. The fourth-order valence-corrected chi connectivity index (χ4v) is 4.09. The predicted octanol–water partition coefficient (Wildman–Crippen LogP) is -0.281. The zero-order valence-electron chi connectivity index (χ0n) is 17.5. The number of amides is 5. The third kappa shape index (κ3) is 5.34. The van der Waals surface area contributed by atoms with Gasteiger partial charge in [-0.1, -0.05) is 18.7 Å². The normalized spacial score (nSPS) is 23.3. The Labute approximate surface area is 183 Å². The number of imide groups is 1. The molecular weight excluding hydrogens is 426 g/mol. The van der Waals surface area contributed by atoms with Crippen LogP contribution in [0.1, 0.15) is 45.4 Å². The molecule has 0 spiro atoms. The van der Waals surface area contributed by atoms with Crippen molar-refractivity contribution >= 4 is 35.5 Å². The number of rotatable bonds is 10. The van der Waals surface area contributed by atoms with Gasteiger partial charge in [0.15, 0.2) is 5.16 Å². The minimum Gasteiger partial charge on any atom is -0.376 e. The molecule has 2 unspecified atom stereocenters. The molecule has 0 aliphatic carbocycles. The summed E-state index contributed by atoms with van der Waals surface area (Å²) < 4.78 is 7.52. The van der Waals surface area contributed by atoms with Crippen LogP contribution in [0.2, 0.25) is 0 Å². The topological polar surface area (TPSA) is 162 Å². The molecule has 12 nitrogen and oxygen atoms in total. The molecule has 31 heavy (non-hydrogen) atoms. The van der Waals surface area contributed by atoms with E-state index in [1.807, 2.05) is 4.57 Å². The van der Waals surface area contributed by atoms with Crippen molar-refractivity contribution in [1.82, 2.24) is 30.5 Å². The van der Waals surface area contributed by atoms with Gasteiger partial charge in [-0.05, 0) is 26.2 Å². The van der Waals surface area contributed by atoms with Crippen molar-refractivity contribution in [2.24, 2.45) is 5.73 Å². The van der Waals surface area contributed by atoms with Crippen LogP contribution in [0.4, 0.5) is 4.79 Å². The van der Waals surface area contributed by atoms with Gasteiger partial charge in [-0.2, -0.15) is 5.01 Å². The van der Waals surface area contributed by atoms with Crippen LogP contribution in [0.5, 0.6) is 0 Å². The third-order valence-electron chi connectivity index (χ3n) is 5.34. The lowest BCUT2D eigenvalue weighted by molar-refractivity contribution is -0.137. The van der Waals surface area contributed by atoms with E-state index >= 15 is 0 Å². The second kappa shape index (κ2) is 9.64. The van der Waals surface area contributed by atoms with Crippen LogP contribution in [0, 0.1) is 0 Å². The number of hydrazine groups is 1. The number of hydrogen-bond acceptors (Lipinski definition) is 8. The molecule has 0 bridgehead atoms.